The molecule has 92 valence electrons. The normalized spacial score (nSPS) is 9.56. The van der Waals surface area contributed by atoms with Crippen LogP contribution in [0.4, 0.5) is 0 Å². The van der Waals surface area contributed by atoms with Gasteiger partial charge in [0.25, 0.3) is 0 Å². The molecule has 3 heteroatoms. The van der Waals surface area contributed by atoms with Gasteiger partial charge in [-0.2, -0.15) is 0 Å². The van der Waals surface area contributed by atoms with E-state index >= 15 is 0 Å². The first-order valence-corrected chi connectivity index (χ1v) is 7.18. The van der Waals surface area contributed by atoms with E-state index < -0.39 is 5.97 Å². The summed E-state index contributed by atoms with van der Waals surface area (Å²) in [4.78, 5) is 10.2. The van der Waals surface area contributed by atoms with Gasteiger partial charge in [-0.3, -0.25) is 4.79 Å². The van der Waals surface area contributed by atoms with E-state index in [2.05, 4.69) is 18.8 Å². The van der Waals surface area contributed by atoms with Crippen LogP contribution in [0, 0.1) is 11.8 Å². The number of carbonyl (C=O) groups is 1. The Hall–Kier alpha value is -0.620. The lowest BCUT2D eigenvalue weighted by Crippen LogP contribution is -1.97. The van der Waals surface area contributed by atoms with Crippen molar-refractivity contribution in [3.8, 4) is 11.8 Å². The fourth-order valence-corrected chi connectivity index (χ4v) is 1.80. The smallest absolute Gasteiger partial charge is 0.313 e. The van der Waals surface area contributed by atoms with Crippen LogP contribution < -0.4 is 0 Å². The Morgan fingerprint density at radius 2 is 1.81 bits per heavy atom. The average Bonchev–Trinajstić information content (AvgIpc) is 2.25. The predicted molar refractivity (Wildman–Crippen MR) is 70.7 cm³/mol. The summed E-state index contributed by atoms with van der Waals surface area (Å²) in [7, 11) is 0. The van der Waals surface area contributed by atoms with Crippen molar-refractivity contribution in [1.82, 2.24) is 0 Å². The average molecular weight is 242 g/mol. The van der Waals surface area contributed by atoms with Gasteiger partial charge in [-0.15, -0.1) is 17.7 Å². The minimum atomic E-state index is -0.761. The molecule has 0 atom stereocenters. The van der Waals surface area contributed by atoms with Crippen LogP contribution in [0.25, 0.3) is 0 Å². The molecule has 0 fully saturated rings. The molecule has 0 aliphatic heterocycles. The molecular weight excluding hydrogens is 220 g/mol. The molecule has 16 heavy (non-hydrogen) atoms. The van der Waals surface area contributed by atoms with Crippen molar-refractivity contribution in [2.45, 2.75) is 51.9 Å². The topological polar surface area (TPSA) is 37.3 Å². The molecule has 0 saturated heterocycles. The highest BCUT2D eigenvalue weighted by molar-refractivity contribution is 8.00. The first-order chi connectivity index (χ1) is 7.77. The molecule has 0 aromatic heterocycles. The predicted octanol–water partition coefficient (Wildman–Crippen LogP) is 3.56. The highest BCUT2D eigenvalue weighted by Crippen LogP contribution is 2.06. The maximum atomic E-state index is 10.2. The minimum Gasteiger partial charge on any atom is -0.481 e. The van der Waals surface area contributed by atoms with Gasteiger partial charge >= 0.3 is 5.97 Å². The van der Waals surface area contributed by atoms with Crippen molar-refractivity contribution in [3.05, 3.63) is 0 Å². The van der Waals surface area contributed by atoms with Crippen LogP contribution in [-0.4, -0.2) is 22.6 Å². The SMILES string of the molecule is CCCCCCCCC#CCSCC(=O)O. The summed E-state index contributed by atoms with van der Waals surface area (Å²) in [5.74, 6) is 6.12. The first kappa shape index (κ1) is 15.4. The zero-order valence-corrected chi connectivity index (χ0v) is 10.9. The van der Waals surface area contributed by atoms with Crippen molar-refractivity contribution in [2.24, 2.45) is 0 Å². The lowest BCUT2D eigenvalue weighted by Gasteiger charge is -1.96. The summed E-state index contributed by atoms with van der Waals surface area (Å²) in [6, 6.07) is 0. The minimum absolute atomic E-state index is 0.158. The van der Waals surface area contributed by atoms with E-state index in [4.69, 9.17) is 5.11 Å². The van der Waals surface area contributed by atoms with Crippen molar-refractivity contribution in [2.75, 3.05) is 11.5 Å². The molecule has 0 aliphatic carbocycles. The second-order valence-corrected chi connectivity index (χ2v) is 4.74. The van der Waals surface area contributed by atoms with Crippen LogP contribution in [0.2, 0.25) is 0 Å². The van der Waals surface area contributed by atoms with Crippen LogP contribution in [-0.2, 0) is 4.79 Å². The summed E-state index contributed by atoms with van der Waals surface area (Å²) in [5.41, 5.74) is 0. The van der Waals surface area contributed by atoms with E-state index in [1.54, 1.807) is 0 Å². The van der Waals surface area contributed by atoms with Crippen LogP contribution in [0.1, 0.15) is 51.9 Å². The summed E-state index contributed by atoms with van der Waals surface area (Å²) >= 11 is 1.36. The second-order valence-electron chi connectivity index (χ2n) is 3.76. The Balaban J connectivity index is 3.12. The molecule has 2 nitrogen and oxygen atoms in total. The number of carboxylic acid groups (broad SMARTS) is 1. The number of carboxylic acids is 1. The first-order valence-electron chi connectivity index (χ1n) is 6.02. The maximum absolute atomic E-state index is 10.2. The van der Waals surface area contributed by atoms with Crippen LogP contribution in [0.3, 0.4) is 0 Å². The maximum Gasteiger partial charge on any atom is 0.313 e. The fraction of sp³-hybridized carbons (Fsp3) is 0.769. The third kappa shape index (κ3) is 13.4. The molecule has 1 N–H and O–H groups in total. The summed E-state index contributed by atoms with van der Waals surface area (Å²) < 4.78 is 0. The van der Waals surface area contributed by atoms with Gasteiger partial charge < -0.3 is 5.11 Å². The van der Waals surface area contributed by atoms with Crippen LogP contribution in [0.5, 0.6) is 0 Å². The van der Waals surface area contributed by atoms with Gasteiger partial charge in [0.2, 0.25) is 0 Å². The third-order valence-corrected chi connectivity index (χ3v) is 2.98. The van der Waals surface area contributed by atoms with E-state index in [1.807, 2.05) is 0 Å². The Bertz CT molecular complexity index is 228. The molecule has 0 aromatic rings. The largest absolute Gasteiger partial charge is 0.481 e. The Morgan fingerprint density at radius 1 is 1.12 bits per heavy atom. The van der Waals surface area contributed by atoms with Gasteiger partial charge in [0.15, 0.2) is 0 Å². The molecule has 0 aliphatic rings. The van der Waals surface area contributed by atoms with Gasteiger partial charge in [-0.25, -0.2) is 0 Å². The van der Waals surface area contributed by atoms with Gasteiger partial charge in [-0.05, 0) is 6.42 Å². The molecule has 0 amide bonds. The lowest BCUT2D eigenvalue weighted by molar-refractivity contribution is -0.133. The molecule has 0 spiro atoms. The molecule has 0 unspecified atom stereocenters. The highest BCUT2D eigenvalue weighted by Gasteiger charge is 1.93. The third-order valence-electron chi connectivity index (χ3n) is 2.18. The molecule has 0 radical (unpaired) electrons. The van der Waals surface area contributed by atoms with Gasteiger partial charge in [0.1, 0.15) is 0 Å². The molecule has 0 saturated carbocycles. The fourth-order valence-electron chi connectivity index (χ4n) is 1.32. The van der Waals surface area contributed by atoms with Crippen molar-refractivity contribution >= 4 is 17.7 Å². The van der Waals surface area contributed by atoms with Crippen LogP contribution in [0.15, 0.2) is 0 Å². The quantitative estimate of drug-likeness (QED) is 0.496. The zero-order valence-electron chi connectivity index (χ0n) is 10.1. The number of aliphatic carboxylic acids is 1. The zero-order chi connectivity index (χ0) is 12.1. The van der Waals surface area contributed by atoms with Gasteiger partial charge in [0, 0.05) is 6.42 Å². The number of hydrogen-bond donors (Lipinski definition) is 1. The number of unbranched alkanes of at least 4 members (excludes halogenated alkanes) is 6. The molecule has 0 bridgehead atoms. The summed E-state index contributed by atoms with van der Waals surface area (Å²) in [6.07, 6.45) is 8.72. The monoisotopic (exact) mass is 242 g/mol. The van der Waals surface area contributed by atoms with Crippen molar-refractivity contribution in [1.29, 1.82) is 0 Å². The number of thioether (sulfide) groups is 1. The van der Waals surface area contributed by atoms with E-state index in [0.717, 1.165) is 6.42 Å². The van der Waals surface area contributed by atoms with Gasteiger partial charge in [0.05, 0.1) is 11.5 Å². The van der Waals surface area contributed by atoms with E-state index in [0.29, 0.717) is 5.75 Å². The van der Waals surface area contributed by atoms with Crippen molar-refractivity contribution < 1.29 is 9.90 Å². The van der Waals surface area contributed by atoms with E-state index in [1.165, 1.54) is 50.3 Å². The molecule has 0 rings (SSSR count). The van der Waals surface area contributed by atoms with Gasteiger partial charge in [-0.1, -0.05) is 44.9 Å². The van der Waals surface area contributed by atoms with E-state index in [-0.39, 0.29) is 5.75 Å². The summed E-state index contributed by atoms with van der Waals surface area (Å²) in [5, 5.41) is 8.39. The van der Waals surface area contributed by atoms with Crippen LogP contribution >= 0.6 is 11.8 Å². The molecule has 0 heterocycles. The van der Waals surface area contributed by atoms with E-state index in [9.17, 15) is 4.79 Å². The molecule has 0 aromatic carbocycles. The number of hydrogen-bond acceptors (Lipinski definition) is 2. The molecular formula is C13H22O2S. The number of rotatable bonds is 9. The van der Waals surface area contributed by atoms with Crippen molar-refractivity contribution in [3.63, 3.8) is 0 Å². The highest BCUT2D eigenvalue weighted by atomic mass is 32.2. The lowest BCUT2D eigenvalue weighted by atomic mass is 10.1. The standard InChI is InChI=1S/C13H22O2S/c1-2-3-4-5-6-7-8-9-10-11-16-12-13(14)15/h2-8,11-12H2,1H3,(H,14,15). The Morgan fingerprint density at radius 3 is 2.50 bits per heavy atom. The Labute approximate surface area is 103 Å². The summed E-state index contributed by atoms with van der Waals surface area (Å²) in [6.45, 7) is 2.22. The second kappa shape index (κ2) is 12.4. The Kier molecular flexibility index (Phi) is 12.0.